The average molecular weight is 587 g/mol. The highest BCUT2D eigenvalue weighted by Gasteiger charge is 2.29. The Morgan fingerprint density at radius 1 is 0.457 bits per heavy atom. The minimum Gasteiger partial charge on any atom is -0.360 e. The number of anilines is 3. The van der Waals surface area contributed by atoms with Crippen molar-refractivity contribution in [2.45, 2.75) is 0 Å². The lowest BCUT2D eigenvalue weighted by molar-refractivity contribution is 1.22. The first-order valence-electron chi connectivity index (χ1n) is 15.6. The van der Waals surface area contributed by atoms with Crippen molar-refractivity contribution in [1.29, 1.82) is 0 Å². The Morgan fingerprint density at radius 3 is 2.09 bits per heavy atom. The van der Waals surface area contributed by atoms with E-state index in [9.17, 15) is 0 Å². The number of hydrogen-bond donors (Lipinski definition) is 1. The topological polar surface area (TPSA) is 44.8 Å². The molecule has 9 aromatic rings. The van der Waals surface area contributed by atoms with Gasteiger partial charge in [0.15, 0.2) is 5.82 Å². The molecule has 0 saturated carbocycles. The minimum absolute atomic E-state index is 0.711. The lowest BCUT2D eigenvalue weighted by atomic mass is 9.88. The molecular formula is C42H26N4. The van der Waals surface area contributed by atoms with Gasteiger partial charge in [0.25, 0.3) is 0 Å². The number of aromatic amines is 1. The first-order chi connectivity index (χ1) is 22.8. The van der Waals surface area contributed by atoms with Crippen LogP contribution >= 0.6 is 0 Å². The van der Waals surface area contributed by atoms with Gasteiger partial charge in [0.1, 0.15) is 0 Å². The van der Waals surface area contributed by atoms with Crippen molar-refractivity contribution in [1.82, 2.24) is 15.0 Å². The highest BCUT2D eigenvalue weighted by atomic mass is 15.2. The molecule has 0 amide bonds. The van der Waals surface area contributed by atoms with Crippen LogP contribution in [0.5, 0.6) is 0 Å². The van der Waals surface area contributed by atoms with Gasteiger partial charge in [0.05, 0.1) is 34.0 Å². The second kappa shape index (κ2) is 9.62. The van der Waals surface area contributed by atoms with Crippen molar-refractivity contribution in [2.75, 3.05) is 4.90 Å². The van der Waals surface area contributed by atoms with Gasteiger partial charge in [-0.25, -0.2) is 9.97 Å². The Kier molecular flexibility index (Phi) is 5.25. The lowest BCUT2D eigenvalue weighted by Crippen LogP contribution is -2.16. The summed E-state index contributed by atoms with van der Waals surface area (Å²) in [6.45, 7) is 0. The predicted molar refractivity (Wildman–Crippen MR) is 191 cm³/mol. The van der Waals surface area contributed by atoms with Crippen molar-refractivity contribution in [3.8, 4) is 33.9 Å². The Bertz CT molecular complexity index is 2650. The molecule has 1 aliphatic rings. The largest absolute Gasteiger partial charge is 0.360 e. The van der Waals surface area contributed by atoms with Crippen molar-refractivity contribution in [2.24, 2.45) is 0 Å². The molecular weight excluding hydrogens is 560 g/mol. The number of H-pyrrole nitrogens is 1. The van der Waals surface area contributed by atoms with Crippen LogP contribution in [0.4, 0.5) is 17.1 Å². The molecule has 1 N–H and O–H groups in total. The van der Waals surface area contributed by atoms with Gasteiger partial charge in [-0.3, -0.25) is 0 Å². The van der Waals surface area contributed by atoms with Crippen LogP contribution in [0.1, 0.15) is 0 Å². The van der Waals surface area contributed by atoms with E-state index in [0.717, 1.165) is 44.3 Å². The summed E-state index contributed by atoms with van der Waals surface area (Å²) in [7, 11) is 0. The van der Waals surface area contributed by atoms with Gasteiger partial charge in [0, 0.05) is 38.9 Å². The molecule has 4 nitrogen and oxygen atoms in total. The average Bonchev–Trinajstić information content (AvgIpc) is 3.66. The molecule has 0 fully saturated rings. The Morgan fingerprint density at radius 2 is 1.17 bits per heavy atom. The van der Waals surface area contributed by atoms with Crippen LogP contribution in [0.3, 0.4) is 0 Å². The zero-order valence-corrected chi connectivity index (χ0v) is 24.8. The van der Waals surface area contributed by atoms with Crippen molar-refractivity contribution in [3.63, 3.8) is 0 Å². The Labute approximate surface area is 265 Å². The summed E-state index contributed by atoms with van der Waals surface area (Å²) < 4.78 is 0. The van der Waals surface area contributed by atoms with Crippen LogP contribution in [0, 0.1) is 0 Å². The number of nitrogens with one attached hydrogen (secondary N) is 1. The first kappa shape index (κ1) is 25.1. The fourth-order valence-electron chi connectivity index (χ4n) is 7.38. The van der Waals surface area contributed by atoms with E-state index in [4.69, 9.17) is 9.97 Å². The molecule has 10 rings (SSSR count). The summed E-state index contributed by atoms with van der Waals surface area (Å²) in [4.78, 5) is 16.1. The standard InChI is InChI=1S/C42H26N4/c1-2-13-28-26(10-1)23-24-32-31-17-5-11-27-12-6-22-38(39(27)31)46(41(28)32)37-21-8-15-29-30(37)16-7-18-33(29)42-44-35-19-4-3-14-34(35)40(45-42)36-20-9-25-43-36/h1-25,43H. The van der Waals surface area contributed by atoms with E-state index in [1.54, 1.807) is 0 Å². The molecule has 1 aliphatic heterocycles. The molecule has 0 radical (unpaired) electrons. The molecule has 2 aromatic heterocycles. The number of nitrogens with zero attached hydrogens (tertiary/aromatic N) is 3. The molecule has 0 aliphatic carbocycles. The van der Waals surface area contributed by atoms with E-state index < -0.39 is 0 Å². The quantitative estimate of drug-likeness (QED) is 0.224. The van der Waals surface area contributed by atoms with Crippen LogP contribution < -0.4 is 4.90 Å². The third kappa shape index (κ3) is 3.55. The zero-order valence-electron chi connectivity index (χ0n) is 24.8. The highest BCUT2D eigenvalue weighted by molar-refractivity contribution is 6.20. The van der Waals surface area contributed by atoms with Gasteiger partial charge < -0.3 is 9.88 Å². The van der Waals surface area contributed by atoms with Crippen molar-refractivity contribution in [3.05, 3.63) is 152 Å². The summed E-state index contributed by atoms with van der Waals surface area (Å²) in [5, 5.41) is 8.25. The van der Waals surface area contributed by atoms with Crippen LogP contribution in [0.2, 0.25) is 0 Å². The fourth-order valence-corrected chi connectivity index (χ4v) is 7.38. The molecule has 7 aromatic carbocycles. The van der Waals surface area contributed by atoms with E-state index >= 15 is 0 Å². The SMILES string of the molecule is c1c[nH]c(-c2nc(-c3cccc4c(N5c6c(ccc7ccccc67)-c6cccc7cccc5c67)cccc34)nc3ccccc23)c1. The molecule has 0 unspecified atom stereocenters. The second-order valence-corrected chi connectivity index (χ2v) is 11.9. The molecule has 214 valence electrons. The number of fused-ring (bicyclic) bond motifs is 6. The van der Waals surface area contributed by atoms with Crippen molar-refractivity contribution >= 4 is 60.3 Å². The zero-order chi connectivity index (χ0) is 30.2. The molecule has 46 heavy (non-hydrogen) atoms. The summed E-state index contributed by atoms with van der Waals surface area (Å²) >= 11 is 0. The lowest BCUT2D eigenvalue weighted by Gasteiger charge is -2.35. The summed E-state index contributed by atoms with van der Waals surface area (Å²) in [6, 6.07) is 52.0. The van der Waals surface area contributed by atoms with E-state index in [1.807, 2.05) is 24.4 Å². The normalized spacial score (nSPS) is 12.3. The molecule has 4 heteroatoms. The van der Waals surface area contributed by atoms with Crippen LogP contribution in [0.25, 0.3) is 77.1 Å². The van der Waals surface area contributed by atoms with Crippen LogP contribution in [-0.4, -0.2) is 15.0 Å². The molecule has 0 bridgehead atoms. The predicted octanol–water partition coefficient (Wildman–Crippen LogP) is 11.2. The Balaban J connectivity index is 1.27. The second-order valence-electron chi connectivity index (χ2n) is 11.9. The third-order valence-corrected chi connectivity index (χ3v) is 9.38. The van der Waals surface area contributed by atoms with Gasteiger partial charge in [0.2, 0.25) is 0 Å². The number of hydrogen-bond acceptors (Lipinski definition) is 3. The van der Waals surface area contributed by atoms with E-state index in [2.05, 4.69) is 137 Å². The van der Waals surface area contributed by atoms with Gasteiger partial charge in [-0.05, 0) is 52.1 Å². The number of aromatic nitrogens is 3. The maximum atomic E-state index is 5.19. The highest BCUT2D eigenvalue weighted by Crippen LogP contribution is 2.54. The number of para-hydroxylation sites is 1. The van der Waals surface area contributed by atoms with Crippen LogP contribution in [-0.2, 0) is 0 Å². The van der Waals surface area contributed by atoms with Gasteiger partial charge >= 0.3 is 0 Å². The number of rotatable bonds is 3. The molecule has 0 atom stereocenters. The third-order valence-electron chi connectivity index (χ3n) is 9.38. The molecule has 3 heterocycles. The summed E-state index contributed by atoms with van der Waals surface area (Å²) in [5.74, 6) is 0.711. The Hall–Kier alpha value is -6.26. The van der Waals surface area contributed by atoms with E-state index in [0.29, 0.717) is 5.82 Å². The molecule has 0 spiro atoms. The summed E-state index contributed by atoms with van der Waals surface area (Å²) in [5.41, 5.74) is 9.84. The van der Waals surface area contributed by atoms with Gasteiger partial charge in [-0.1, -0.05) is 115 Å². The summed E-state index contributed by atoms with van der Waals surface area (Å²) in [6.07, 6.45) is 1.94. The first-order valence-corrected chi connectivity index (χ1v) is 15.6. The smallest absolute Gasteiger partial charge is 0.161 e. The van der Waals surface area contributed by atoms with Crippen molar-refractivity contribution < 1.29 is 0 Å². The minimum atomic E-state index is 0.711. The van der Waals surface area contributed by atoms with Gasteiger partial charge in [-0.15, -0.1) is 0 Å². The number of benzene rings is 7. The monoisotopic (exact) mass is 586 g/mol. The molecule has 0 saturated heterocycles. The maximum Gasteiger partial charge on any atom is 0.161 e. The van der Waals surface area contributed by atoms with E-state index in [-0.39, 0.29) is 0 Å². The fraction of sp³-hybridized carbons (Fsp3) is 0. The maximum absolute atomic E-state index is 5.19. The van der Waals surface area contributed by atoms with E-state index in [1.165, 1.54) is 44.0 Å². The van der Waals surface area contributed by atoms with Gasteiger partial charge in [-0.2, -0.15) is 0 Å². The van der Waals surface area contributed by atoms with Crippen LogP contribution in [0.15, 0.2) is 152 Å².